The van der Waals surface area contributed by atoms with Gasteiger partial charge in [0, 0.05) is 37.3 Å². The van der Waals surface area contributed by atoms with Crippen LogP contribution in [0.5, 0.6) is 0 Å². The maximum atomic E-state index is 13.0. The average Bonchev–Trinajstić information content (AvgIpc) is 3.39. The minimum Gasteiger partial charge on any atom is -0.368 e. The second-order valence-electron chi connectivity index (χ2n) is 8.46. The second-order valence-corrected chi connectivity index (χ2v) is 8.87. The van der Waals surface area contributed by atoms with Crippen molar-refractivity contribution < 1.29 is 14.3 Å². The van der Waals surface area contributed by atoms with Crippen LogP contribution in [0.4, 0.5) is 4.79 Å². The highest BCUT2D eigenvalue weighted by Gasteiger charge is 2.40. The van der Waals surface area contributed by atoms with Gasteiger partial charge in [-0.05, 0) is 62.6 Å². The number of aryl methyl sites for hydroxylation is 1. The number of benzene rings is 1. The van der Waals surface area contributed by atoms with Gasteiger partial charge in [-0.3, -0.25) is 4.79 Å². The number of carbonyl (C=O) groups excluding carboxylic acids is 2. The Morgan fingerprint density at radius 1 is 1.21 bits per heavy atom. The average molecular weight is 420 g/mol. The first-order valence-electron chi connectivity index (χ1n) is 10.7. The highest BCUT2D eigenvalue weighted by molar-refractivity contribution is 6.31. The van der Waals surface area contributed by atoms with E-state index < -0.39 is 0 Å². The van der Waals surface area contributed by atoms with Gasteiger partial charge in [0.15, 0.2) is 0 Å². The third-order valence-corrected chi connectivity index (χ3v) is 6.57. The van der Waals surface area contributed by atoms with Crippen molar-refractivity contribution in [3.8, 4) is 0 Å². The molecule has 1 aromatic rings. The predicted octanol–water partition coefficient (Wildman–Crippen LogP) is 3.49. The molecule has 0 radical (unpaired) electrons. The Bertz CT molecular complexity index is 762. The summed E-state index contributed by atoms with van der Waals surface area (Å²) in [7, 11) is 0. The first-order chi connectivity index (χ1) is 14.0. The zero-order valence-corrected chi connectivity index (χ0v) is 17.8. The number of halogens is 1. The van der Waals surface area contributed by atoms with Gasteiger partial charge in [0.2, 0.25) is 0 Å². The molecule has 0 aromatic heterocycles. The minimum atomic E-state index is -0.287. The van der Waals surface area contributed by atoms with Gasteiger partial charge >= 0.3 is 6.03 Å². The summed E-state index contributed by atoms with van der Waals surface area (Å²) >= 11 is 6.09. The molecule has 3 aliphatic rings. The summed E-state index contributed by atoms with van der Waals surface area (Å²) < 4.78 is 5.58. The van der Waals surface area contributed by atoms with Gasteiger partial charge in [0.1, 0.15) is 6.10 Å². The van der Waals surface area contributed by atoms with E-state index in [1.807, 2.05) is 34.9 Å². The lowest BCUT2D eigenvalue weighted by Gasteiger charge is -2.40. The minimum absolute atomic E-state index is 0.0310. The molecule has 6 nitrogen and oxygen atoms in total. The van der Waals surface area contributed by atoms with Gasteiger partial charge < -0.3 is 19.9 Å². The summed E-state index contributed by atoms with van der Waals surface area (Å²) in [6, 6.07) is 6.16. The number of hydrogen-bond acceptors (Lipinski definition) is 3. The predicted molar refractivity (Wildman–Crippen MR) is 112 cm³/mol. The molecule has 3 fully saturated rings. The van der Waals surface area contributed by atoms with E-state index in [2.05, 4.69) is 5.32 Å². The molecular weight excluding hydrogens is 390 g/mol. The Morgan fingerprint density at radius 2 is 2.03 bits per heavy atom. The molecule has 2 aliphatic heterocycles. The molecule has 158 valence electrons. The van der Waals surface area contributed by atoms with Gasteiger partial charge in [-0.2, -0.15) is 0 Å². The molecular formula is C22H30ClN3O3. The molecule has 1 N–H and O–H groups in total. The topological polar surface area (TPSA) is 61.9 Å². The van der Waals surface area contributed by atoms with Crippen molar-refractivity contribution in [2.24, 2.45) is 0 Å². The maximum Gasteiger partial charge on any atom is 0.318 e. The fourth-order valence-corrected chi connectivity index (χ4v) is 4.54. The van der Waals surface area contributed by atoms with E-state index in [9.17, 15) is 9.59 Å². The number of nitrogens with one attached hydrogen (secondary N) is 1. The number of piperidine rings is 1. The van der Waals surface area contributed by atoms with Gasteiger partial charge in [-0.15, -0.1) is 0 Å². The summed E-state index contributed by atoms with van der Waals surface area (Å²) in [5.41, 5.74) is 2.04. The number of nitrogens with zero attached hydrogens (tertiary/aromatic N) is 2. The first-order valence-corrected chi connectivity index (χ1v) is 11.1. The number of rotatable bonds is 5. The fourth-order valence-electron chi connectivity index (χ4n) is 4.43. The van der Waals surface area contributed by atoms with Crippen LogP contribution in [0.25, 0.3) is 0 Å². The van der Waals surface area contributed by atoms with Crippen LogP contribution in [-0.2, 0) is 16.1 Å². The first kappa shape index (κ1) is 20.5. The van der Waals surface area contributed by atoms with Crippen LogP contribution in [0, 0.1) is 6.92 Å². The number of likely N-dealkylation sites (tertiary alicyclic amines) is 1. The lowest BCUT2D eigenvalue weighted by molar-refractivity contribution is -0.142. The third kappa shape index (κ3) is 4.86. The number of hydrogen-bond donors (Lipinski definition) is 1. The Labute approximate surface area is 177 Å². The molecule has 7 heteroatoms. The molecule has 4 rings (SSSR count). The number of amides is 3. The highest BCUT2D eigenvalue weighted by atomic mass is 35.5. The molecule has 2 atom stereocenters. The Morgan fingerprint density at radius 3 is 2.72 bits per heavy atom. The van der Waals surface area contributed by atoms with Crippen molar-refractivity contribution in [3.63, 3.8) is 0 Å². The lowest BCUT2D eigenvalue weighted by atomic mass is 10.0. The zero-order valence-electron chi connectivity index (χ0n) is 17.0. The quantitative estimate of drug-likeness (QED) is 0.794. The molecule has 0 bridgehead atoms. The monoisotopic (exact) mass is 419 g/mol. The largest absolute Gasteiger partial charge is 0.368 e. The highest BCUT2D eigenvalue weighted by Crippen LogP contribution is 2.32. The number of urea groups is 1. The van der Waals surface area contributed by atoms with Crippen molar-refractivity contribution in [2.75, 3.05) is 19.7 Å². The normalized spacial score (nSPS) is 24.4. The maximum absolute atomic E-state index is 13.0. The van der Waals surface area contributed by atoms with Crippen molar-refractivity contribution >= 4 is 23.5 Å². The molecule has 2 heterocycles. The molecule has 2 saturated heterocycles. The number of ether oxygens (including phenoxy) is 1. The molecule has 1 saturated carbocycles. The SMILES string of the molecule is Cc1cc(CNC(=O)N(C2CC2)[C@@H]2CCCN(C(=O)[C@H]3CCCO3)C2)ccc1Cl. The van der Waals surface area contributed by atoms with E-state index in [-0.39, 0.29) is 24.1 Å². The van der Waals surface area contributed by atoms with Gasteiger partial charge in [-0.25, -0.2) is 4.79 Å². The fraction of sp³-hybridized carbons (Fsp3) is 0.636. The summed E-state index contributed by atoms with van der Waals surface area (Å²) in [5.74, 6) is 0.0972. The van der Waals surface area contributed by atoms with Crippen LogP contribution < -0.4 is 5.32 Å². The van der Waals surface area contributed by atoms with Crippen LogP contribution in [0.15, 0.2) is 18.2 Å². The Hall–Kier alpha value is -1.79. The van der Waals surface area contributed by atoms with Crippen molar-refractivity contribution in [1.82, 2.24) is 15.1 Å². The van der Waals surface area contributed by atoms with Crippen LogP contribution in [0.1, 0.15) is 49.7 Å². The Kier molecular flexibility index (Phi) is 6.30. The molecule has 0 spiro atoms. The Balaban J connectivity index is 1.38. The summed E-state index contributed by atoms with van der Waals surface area (Å²) in [5, 5.41) is 3.81. The van der Waals surface area contributed by atoms with Gasteiger partial charge in [0.25, 0.3) is 5.91 Å². The smallest absolute Gasteiger partial charge is 0.318 e. The van der Waals surface area contributed by atoms with Crippen molar-refractivity contribution in [2.45, 2.75) is 70.2 Å². The summed E-state index contributed by atoms with van der Waals surface area (Å²) in [6.07, 6.45) is 5.44. The van der Waals surface area contributed by atoms with Crippen LogP contribution in [0.3, 0.4) is 0 Å². The molecule has 3 amide bonds. The molecule has 1 aromatic carbocycles. The zero-order chi connectivity index (χ0) is 20.4. The van der Waals surface area contributed by atoms with E-state index in [1.165, 1.54) is 0 Å². The second kappa shape index (κ2) is 8.92. The van der Waals surface area contributed by atoms with Gasteiger partial charge in [-0.1, -0.05) is 23.7 Å². The van der Waals surface area contributed by atoms with E-state index in [0.29, 0.717) is 25.7 Å². The van der Waals surface area contributed by atoms with Crippen LogP contribution >= 0.6 is 11.6 Å². The van der Waals surface area contributed by atoms with E-state index in [4.69, 9.17) is 16.3 Å². The van der Waals surface area contributed by atoms with Crippen molar-refractivity contribution in [1.29, 1.82) is 0 Å². The molecule has 0 unspecified atom stereocenters. The summed E-state index contributed by atoms with van der Waals surface area (Å²) in [4.78, 5) is 29.7. The van der Waals surface area contributed by atoms with Crippen LogP contribution in [0.2, 0.25) is 5.02 Å². The van der Waals surface area contributed by atoms with E-state index in [0.717, 1.165) is 61.2 Å². The van der Waals surface area contributed by atoms with Crippen molar-refractivity contribution in [3.05, 3.63) is 34.3 Å². The lowest BCUT2D eigenvalue weighted by Crippen LogP contribution is -2.56. The standard InChI is InChI=1S/C22H30ClN3O3/c1-15-12-16(6-9-19(15)23)13-24-22(28)26(17-7-8-17)18-4-2-10-25(14-18)21(27)20-5-3-11-29-20/h6,9,12,17-18,20H,2-5,7-8,10-11,13-14H2,1H3,(H,24,28)/t18-,20-/m1/s1. The van der Waals surface area contributed by atoms with Crippen LogP contribution in [-0.4, -0.2) is 59.6 Å². The van der Waals surface area contributed by atoms with E-state index in [1.54, 1.807) is 0 Å². The third-order valence-electron chi connectivity index (χ3n) is 6.15. The summed E-state index contributed by atoms with van der Waals surface area (Å²) in [6.45, 7) is 4.49. The van der Waals surface area contributed by atoms with E-state index >= 15 is 0 Å². The molecule has 1 aliphatic carbocycles. The van der Waals surface area contributed by atoms with Gasteiger partial charge in [0.05, 0.1) is 6.04 Å². The number of carbonyl (C=O) groups is 2. The molecule has 29 heavy (non-hydrogen) atoms.